The van der Waals surface area contributed by atoms with Gasteiger partial charge in [-0.15, -0.1) is 11.3 Å². The van der Waals surface area contributed by atoms with Gasteiger partial charge < -0.3 is 14.8 Å². The highest BCUT2D eigenvalue weighted by Crippen LogP contribution is 2.23. The highest BCUT2D eigenvalue weighted by molar-refractivity contribution is 7.10. The molecule has 0 bridgehead atoms. The molecule has 0 saturated carbocycles. The average molecular weight is 278 g/mol. The van der Waals surface area contributed by atoms with E-state index in [1.165, 1.54) is 4.88 Å². The van der Waals surface area contributed by atoms with Crippen molar-refractivity contribution in [1.29, 1.82) is 0 Å². The second-order valence-electron chi connectivity index (χ2n) is 4.11. The zero-order valence-corrected chi connectivity index (χ0v) is 11.9. The summed E-state index contributed by atoms with van der Waals surface area (Å²) >= 11 is 1.75. The molecular formula is C14H18N2O2S. The molecule has 1 N–H and O–H groups in total. The zero-order chi connectivity index (χ0) is 13.5. The van der Waals surface area contributed by atoms with Crippen LogP contribution in [0.5, 0.6) is 5.88 Å². The molecule has 0 aliphatic heterocycles. The molecule has 102 valence electrons. The molecule has 0 radical (unpaired) electrons. The van der Waals surface area contributed by atoms with Gasteiger partial charge in [0.25, 0.3) is 0 Å². The fourth-order valence-electron chi connectivity index (χ4n) is 1.64. The lowest BCUT2D eigenvalue weighted by Crippen LogP contribution is -2.07. The molecule has 0 amide bonds. The van der Waals surface area contributed by atoms with Crippen LogP contribution in [0.4, 0.5) is 5.69 Å². The van der Waals surface area contributed by atoms with Gasteiger partial charge in [-0.05, 0) is 24.4 Å². The van der Waals surface area contributed by atoms with Crippen molar-refractivity contribution in [2.45, 2.75) is 13.0 Å². The van der Waals surface area contributed by atoms with Gasteiger partial charge in [0.05, 0.1) is 24.5 Å². The van der Waals surface area contributed by atoms with Gasteiger partial charge in [-0.3, -0.25) is 0 Å². The second-order valence-corrected chi connectivity index (χ2v) is 5.09. The first-order chi connectivity index (χ1) is 9.29. The third-order valence-corrected chi connectivity index (χ3v) is 3.68. The van der Waals surface area contributed by atoms with Gasteiger partial charge in [0.2, 0.25) is 5.88 Å². The lowest BCUT2D eigenvalue weighted by Gasteiger charge is -2.13. The molecule has 4 nitrogen and oxygen atoms in total. The van der Waals surface area contributed by atoms with Crippen LogP contribution < -0.4 is 10.1 Å². The predicted octanol–water partition coefficient (Wildman–Crippen LogP) is 3.34. The Morgan fingerprint density at radius 2 is 2.21 bits per heavy atom. The third-order valence-electron chi connectivity index (χ3n) is 2.63. The van der Waals surface area contributed by atoms with Crippen molar-refractivity contribution in [3.63, 3.8) is 0 Å². The second kappa shape index (κ2) is 7.11. The minimum atomic E-state index is 0.280. The van der Waals surface area contributed by atoms with Crippen molar-refractivity contribution >= 4 is 17.0 Å². The van der Waals surface area contributed by atoms with Crippen LogP contribution in [0.2, 0.25) is 0 Å². The summed E-state index contributed by atoms with van der Waals surface area (Å²) in [6.45, 7) is 3.22. The summed E-state index contributed by atoms with van der Waals surface area (Å²) in [4.78, 5) is 5.55. The third kappa shape index (κ3) is 4.22. The summed E-state index contributed by atoms with van der Waals surface area (Å²) in [5, 5.41) is 5.49. The van der Waals surface area contributed by atoms with Crippen LogP contribution in [-0.2, 0) is 4.74 Å². The van der Waals surface area contributed by atoms with Crippen LogP contribution in [0.15, 0.2) is 35.8 Å². The maximum atomic E-state index is 5.42. The zero-order valence-electron chi connectivity index (χ0n) is 11.1. The molecule has 0 fully saturated rings. The van der Waals surface area contributed by atoms with E-state index in [1.807, 2.05) is 12.1 Å². The molecule has 2 aromatic heterocycles. The van der Waals surface area contributed by atoms with Crippen molar-refractivity contribution < 1.29 is 9.47 Å². The van der Waals surface area contributed by atoms with Crippen molar-refractivity contribution in [2.75, 3.05) is 25.6 Å². The van der Waals surface area contributed by atoms with Gasteiger partial charge >= 0.3 is 0 Å². The summed E-state index contributed by atoms with van der Waals surface area (Å²) in [5.41, 5.74) is 0.986. The molecule has 5 heteroatoms. The average Bonchev–Trinajstić information content (AvgIpc) is 2.95. The summed E-state index contributed by atoms with van der Waals surface area (Å²) in [5.74, 6) is 0.617. The maximum absolute atomic E-state index is 5.42. The predicted molar refractivity (Wildman–Crippen MR) is 78.0 cm³/mol. The Bertz CT molecular complexity index is 471. The molecule has 2 rings (SSSR count). The Balaban J connectivity index is 1.88. The number of methoxy groups -OCH3 is 1. The largest absolute Gasteiger partial charge is 0.475 e. The number of nitrogens with one attached hydrogen (secondary N) is 1. The van der Waals surface area contributed by atoms with E-state index in [2.05, 4.69) is 34.7 Å². The molecule has 2 aromatic rings. The summed E-state index contributed by atoms with van der Waals surface area (Å²) in [6.07, 6.45) is 1.78. The number of rotatable bonds is 7. The van der Waals surface area contributed by atoms with Crippen LogP contribution in [0.25, 0.3) is 0 Å². The molecule has 0 saturated heterocycles. The minimum absolute atomic E-state index is 0.280. The van der Waals surface area contributed by atoms with Crippen molar-refractivity contribution in [3.05, 3.63) is 40.7 Å². The molecule has 2 heterocycles. The lowest BCUT2D eigenvalue weighted by atomic mass is 10.2. The fraction of sp³-hybridized carbons (Fsp3) is 0.357. The topological polar surface area (TPSA) is 43.4 Å². The Morgan fingerprint density at radius 3 is 2.84 bits per heavy atom. The standard InChI is InChI=1S/C14H18N2O2S/c1-11(13-4-3-9-19-13)16-12-5-6-14(15-10-12)18-8-7-17-2/h3-6,9-11,16H,7-8H2,1-2H3. The summed E-state index contributed by atoms with van der Waals surface area (Å²) < 4.78 is 10.3. The molecule has 0 aliphatic rings. The Labute approximate surface area is 117 Å². The van der Waals surface area contributed by atoms with Gasteiger partial charge in [-0.25, -0.2) is 4.98 Å². The Morgan fingerprint density at radius 1 is 1.32 bits per heavy atom. The quantitative estimate of drug-likeness (QED) is 0.789. The summed E-state index contributed by atoms with van der Waals surface area (Å²) in [7, 11) is 1.65. The van der Waals surface area contributed by atoms with E-state index >= 15 is 0 Å². The smallest absolute Gasteiger partial charge is 0.213 e. The minimum Gasteiger partial charge on any atom is -0.475 e. The number of pyridine rings is 1. The van der Waals surface area contributed by atoms with E-state index < -0.39 is 0 Å². The van der Waals surface area contributed by atoms with Crippen LogP contribution in [0.1, 0.15) is 17.8 Å². The Hall–Kier alpha value is -1.59. The molecule has 0 spiro atoms. The summed E-state index contributed by atoms with van der Waals surface area (Å²) in [6, 6.07) is 8.29. The van der Waals surface area contributed by atoms with E-state index in [-0.39, 0.29) is 6.04 Å². The van der Waals surface area contributed by atoms with Gasteiger partial charge in [0, 0.05) is 18.1 Å². The van der Waals surface area contributed by atoms with E-state index in [0.717, 1.165) is 5.69 Å². The van der Waals surface area contributed by atoms with E-state index in [4.69, 9.17) is 9.47 Å². The first kappa shape index (κ1) is 13.8. The van der Waals surface area contributed by atoms with Crippen LogP contribution in [0, 0.1) is 0 Å². The molecule has 0 aromatic carbocycles. The number of anilines is 1. The highest BCUT2D eigenvalue weighted by atomic mass is 32.1. The monoisotopic (exact) mass is 278 g/mol. The van der Waals surface area contributed by atoms with Gasteiger partial charge in [-0.1, -0.05) is 6.07 Å². The first-order valence-electron chi connectivity index (χ1n) is 6.17. The van der Waals surface area contributed by atoms with Gasteiger partial charge in [0.1, 0.15) is 6.61 Å². The number of ether oxygens (including phenoxy) is 2. The first-order valence-corrected chi connectivity index (χ1v) is 7.05. The molecule has 1 atom stereocenters. The highest BCUT2D eigenvalue weighted by Gasteiger charge is 2.06. The van der Waals surface area contributed by atoms with E-state index in [0.29, 0.717) is 19.1 Å². The van der Waals surface area contributed by atoms with Crippen LogP contribution in [-0.4, -0.2) is 25.3 Å². The molecule has 0 aliphatic carbocycles. The van der Waals surface area contributed by atoms with Crippen molar-refractivity contribution in [3.8, 4) is 5.88 Å². The number of aromatic nitrogens is 1. The van der Waals surface area contributed by atoms with E-state index in [9.17, 15) is 0 Å². The maximum Gasteiger partial charge on any atom is 0.213 e. The number of hydrogen-bond donors (Lipinski definition) is 1. The molecule has 19 heavy (non-hydrogen) atoms. The van der Waals surface area contributed by atoms with Crippen LogP contribution >= 0.6 is 11.3 Å². The van der Waals surface area contributed by atoms with Gasteiger partial charge in [-0.2, -0.15) is 0 Å². The number of thiophene rings is 1. The van der Waals surface area contributed by atoms with Gasteiger partial charge in [0.15, 0.2) is 0 Å². The number of nitrogens with zero attached hydrogens (tertiary/aromatic N) is 1. The lowest BCUT2D eigenvalue weighted by molar-refractivity contribution is 0.144. The van der Waals surface area contributed by atoms with Crippen molar-refractivity contribution in [2.24, 2.45) is 0 Å². The van der Waals surface area contributed by atoms with Crippen LogP contribution in [0.3, 0.4) is 0 Å². The Kier molecular flexibility index (Phi) is 5.18. The normalized spacial score (nSPS) is 12.1. The van der Waals surface area contributed by atoms with Crippen molar-refractivity contribution in [1.82, 2.24) is 4.98 Å². The molecular weight excluding hydrogens is 260 g/mol. The van der Waals surface area contributed by atoms with E-state index in [1.54, 1.807) is 24.6 Å². The fourth-order valence-corrected chi connectivity index (χ4v) is 2.37. The SMILES string of the molecule is COCCOc1ccc(NC(C)c2cccs2)cn1. The molecule has 1 unspecified atom stereocenters. The number of hydrogen-bond acceptors (Lipinski definition) is 5.